The number of hydrogen-bond acceptors (Lipinski definition) is 5. The number of carbonyl (C=O) groups is 1. The first-order chi connectivity index (χ1) is 10.5. The summed E-state index contributed by atoms with van der Waals surface area (Å²) in [6.07, 6.45) is -8.21. The average Bonchev–Trinajstić information content (AvgIpc) is 2.46. The number of aliphatic hydroxyl groups excluding tert-OH is 3. The summed E-state index contributed by atoms with van der Waals surface area (Å²) < 4.78 is 51.4. The van der Waals surface area contributed by atoms with Crippen molar-refractivity contribution in [3.63, 3.8) is 0 Å². The molecule has 2 unspecified atom stereocenters. The van der Waals surface area contributed by atoms with E-state index in [4.69, 9.17) is 5.11 Å². The van der Waals surface area contributed by atoms with E-state index in [2.05, 4.69) is 0 Å². The summed E-state index contributed by atoms with van der Waals surface area (Å²) in [5.41, 5.74) is -2.64. The van der Waals surface area contributed by atoms with Crippen LogP contribution in [0.25, 0.3) is 0 Å². The Bertz CT molecular complexity index is 578. The van der Waals surface area contributed by atoms with Gasteiger partial charge in [-0.05, 0) is 12.1 Å². The molecule has 10 heteroatoms. The molecule has 130 valence electrons. The third-order valence-corrected chi connectivity index (χ3v) is 3.05. The van der Waals surface area contributed by atoms with Crippen molar-refractivity contribution in [2.45, 2.75) is 18.4 Å². The minimum absolute atomic E-state index is 0.0521. The highest BCUT2D eigenvalue weighted by Gasteiger charge is 2.37. The second-order valence-electron chi connectivity index (χ2n) is 4.85. The van der Waals surface area contributed by atoms with Gasteiger partial charge >= 0.3 is 6.18 Å². The molecule has 0 aromatic heterocycles. The fourth-order valence-electron chi connectivity index (χ4n) is 1.79. The first-order valence-electron chi connectivity index (χ1n) is 6.31. The van der Waals surface area contributed by atoms with Crippen LogP contribution in [-0.2, 0) is 6.18 Å². The third kappa shape index (κ3) is 4.53. The fourth-order valence-corrected chi connectivity index (χ4v) is 1.79. The maximum atomic E-state index is 13.3. The summed E-state index contributed by atoms with van der Waals surface area (Å²) in [4.78, 5) is 12.7. The Labute approximate surface area is 128 Å². The summed E-state index contributed by atoms with van der Waals surface area (Å²) in [5, 5.41) is 36.9. The molecule has 0 fully saturated rings. The van der Waals surface area contributed by atoms with Crippen molar-refractivity contribution in [2.24, 2.45) is 0 Å². The van der Waals surface area contributed by atoms with Gasteiger partial charge in [-0.25, -0.2) is 4.39 Å². The topological polar surface area (TPSA) is 101 Å². The van der Waals surface area contributed by atoms with Crippen LogP contribution >= 0.6 is 0 Å². The zero-order chi connectivity index (χ0) is 17.9. The normalized spacial score (nSPS) is 14.4. The molecule has 0 bridgehead atoms. The van der Waals surface area contributed by atoms with Gasteiger partial charge in [0.05, 0.1) is 18.3 Å². The molecule has 1 rings (SSSR count). The van der Waals surface area contributed by atoms with E-state index in [1.165, 1.54) is 0 Å². The van der Waals surface area contributed by atoms with Crippen molar-refractivity contribution in [2.75, 3.05) is 20.2 Å². The van der Waals surface area contributed by atoms with E-state index in [9.17, 15) is 37.7 Å². The average molecular weight is 341 g/mol. The number of aliphatic hydroxyl groups is 3. The number of rotatable bonds is 5. The summed E-state index contributed by atoms with van der Waals surface area (Å²) in [6.45, 7) is -1.36. The Morgan fingerprint density at radius 3 is 2.30 bits per heavy atom. The Balaban J connectivity index is 3.11. The number of nitrogens with zero attached hydrogens (tertiary/aromatic N) is 1. The quantitative estimate of drug-likeness (QED) is 0.579. The predicted octanol–water partition coefficient (Wildman–Crippen LogP) is 0.336. The van der Waals surface area contributed by atoms with Crippen LogP contribution in [0.5, 0.6) is 5.75 Å². The molecular formula is C13H15F4NO5. The van der Waals surface area contributed by atoms with E-state index in [0.717, 1.165) is 7.05 Å². The minimum atomic E-state index is -5.06. The molecule has 0 saturated carbocycles. The number of phenolic OH excluding ortho intramolecular Hbond substituents is 1. The standard InChI is InChI=1S/C13H15F4NO5/c1-18(4-9(20)10(21)5-19)12(23)7-2-6(14)3-8(11(7)22)13(15,16)17/h2-3,9-10,19-22H,4-5H2,1H3. The highest BCUT2D eigenvalue weighted by molar-refractivity contribution is 5.97. The molecule has 0 radical (unpaired) electrons. The number of amides is 1. The highest BCUT2D eigenvalue weighted by Crippen LogP contribution is 2.38. The predicted molar refractivity (Wildman–Crippen MR) is 69.1 cm³/mol. The maximum Gasteiger partial charge on any atom is 0.420 e. The fraction of sp³-hybridized carbons (Fsp3) is 0.462. The second kappa shape index (κ2) is 7.11. The van der Waals surface area contributed by atoms with Crippen molar-refractivity contribution in [3.8, 4) is 5.75 Å². The van der Waals surface area contributed by atoms with Crippen molar-refractivity contribution < 1.29 is 42.8 Å². The van der Waals surface area contributed by atoms with Gasteiger partial charge in [0.15, 0.2) is 0 Å². The van der Waals surface area contributed by atoms with E-state index < -0.39 is 60.1 Å². The molecule has 1 aromatic carbocycles. The molecule has 0 aliphatic carbocycles. The largest absolute Gasteiger partial charge is 0.506 e. The minimum Gasteiger partial charge on any atom is -0.506 e. The third-order valence-electron chi connectivity index (χ3n) is 3.05. The van der Waals surface area contributed by atoms with Crippen molar-refractivity contribution in [1.82, 2.24) is 4.90 Å². The van der Waals surface area contributed by atoms with Gasteiger partial charge < -0.3 is 25.3 Å². The number of alkyl halides is 3. The van der Waals surface area contributed by atoms with E-state index in [-0.39, 0.29) is 6.07 Å². The van der Waals surface area contributed by atoms with Crippen LogP contribution in [0.3, 0.4) is 0 Å². The number of aromatic hydroxyl groups is 1. The van der Waals surface area contributed by atoms with Crippen molar-refractivity contribution in [3.05, 3.63) is 29.1 Å². The number of carbonyl (C=O) groups excluding carboxylic acids is 1. The molecule has 6 nitrogen and oxygen atoms in total. The monoisotopic (exact) mass is 341 g/mol. The van der Waals surface area contributed by atoms with Gasteiger partial charge in [-0.3, -0.25) is 4.79 Å². The van der Waals surface area contributed by atoms with Crippen LogP contribution in [0.4, 0.5) is 17.6 Å². The van der Waals surface area contributed by atoms with Gasteiger partial charge in [-0.1, -0.05) is 0 Å². The van der Waals surface area contributed by atoms with Crippen LogP contribution in [0.15, 0.2) is 12.1 Å². The van der Waals surface area contributed by atoms with Gasteiger partial charge in [0.2, 0.25) is 0 Å². The van der Waals surface area contributed by atoms with Crippen LogP contribution in [0.2, 0.25) is 0 Å². The molecule has 0 aliphatic heterocycles. The lowest BCUT2D eigenvalue weighted by molar-refractivity contribution is -0.139. The summed E-state index contributed by atoms with van der Waals surface area (Å²) in [6, 6.07) is 0.481. The lowest BCUT2D eigenvalue weighted by atomic mass is 10.1. The van der Waals surface area contributed by atoms with Gasteiger partial charge in [0.25, 0.3) is 5.91 Å². The number of likely N-dealkylation sites (N-methyl/N-ethyl adjacent to an activating group) is 1. The van der Waals surface area contributed by atoms with Gasteiger partial charge in [-0.15, -0.1) is 0 Å². The zero-order valence-corrected chi connectivity index (χ0v) is 11.9. The van der Waals surface area contributed by atoms with Gasteiger partial charge in [0, 0.05) is 13.6 Å². The van der Waals surface area contributed by atoms with Gasteiger partial charge in [-0.2, -0.15) is 13.2 Å². The van der Waals surface area contributed by atoms with E-state index in [1.54, 1.807) is 0 Å². The van der Waals surface area contributed by atoms with Crippen molar-refractivity contribution in [1.29, 1.82) is 0 Å². The first kappa shape index (κ1) is 19.1. The molecule has 0 heterocycles. The number of benzene rings is 1. The summed E-state index contributed by atoms with van der Waals surface area (Å²) in [7, 11) is 1.06. The molecular weight excluding hydrogens is 326 g/mol. The lowest BCUT2D eigenvalue weighted by Gasteiger charge is -2.24. The zero-order valence-electron chi connectivity index (χ0n) is 11.9. The Hall–Kier alpha value is -1.91. The summed E-state index contributed by atoms with van der Waals surface area (Å²) >= 11 is 0. The Morgan fingerprint density at radius 1 is 1.26 bits per heavy atom. The molecule has 23 heavy (non-hydrogen) atoms. The molecule has 1 amide bonds. The molecule has 1 aromatic rings. The van der Waals surface area contributed by atoms with Crippen LogP contribution in [0, 0.1) is 5.82 Å². The second-order valence-corrected chi connectivity index (χ2v) is 4.85. The van der Waals surface area contributed by atoms with E-state index in [0.29, 0.717) is 11.0 Å². The molecule has 0 aliphatic rings. The molecule has 2 atom stereocenters. The van der Waals surface area contributed by atoms with Crippen molar-refractivity contribution >= 4 is 5.91 Å². The molecule has 4 N–H and O–H groups in total. The van der Waals surface area contributed by atoms with E-state index >= 15 is 0 Å². The van der Waals surface area contributed by atoms with Crippen LogP contribution in [0.1, 0.15) is 15.9 Å². The number of phenols is 1. The van der Waals surface area contributed by atoms with Gasteiger partial charge in [0.1, 0.15) is 23.2 Å². The Kier molecular flexibility index (Phi) is 5.92. The number of halogens is 4. The summed E-state index contributed by atoms with van der Waals surface area (Å²) in [5.74, 6) is -4.01. The van der Waals surface area contributed by atoms with E-state index in [1.807, 2.05) is 0 Å². The molecule has 0 spiro atoms. The number of hydrogen-bond donors (Lipinski definition) is 4. The Morgan fingerprint density at radius 2 is 1.83 bits per heavy atom. The maximum absolute atomic E-state index is 13.3. The van der Waals surface area contributed by atoms with Crippen LogP contribution in [-0.4, -0.2) is 63.6 Å². The lowest BCUT2D eigenvalue weighted by Crippen LogP contribution is -2.41. The first-order valence-corrected chi connectivity index (χ1v) is 6.31. The van der Waals surface area contributed by atoms with Crippen LogP contribution < -0.4 is 0 Å². The smallest absolute Gasteiger partial charge is 0.420 e. The molecule has 0 saturated heterocycles. The SMILES string of the molecule is CN(CC(O)C(O)CO)C(=O)c1cc(F)cc(C(F)(F)F)c1O. The highest BCUT2D eigenvalue weighted by atomic mass is 19.4.